The maximum absolute atomic E-state index is 13.4. The largest absolute Gasteiger partial charge is 0.387 e. The summed E-state index contributed by atoms with van der Waals surface area (Å²) in [7, 11) is 0. The fourth-order valence-electron chi connectivity index (χ4n) is 3.36. The molecule has 4 rings (SSSR count). The number of nitrogens with zero attached hydrogens (tertiary/aromatic N) is 3. The van der Waals surface area contributed by atoms with Crippen LogP contribution >= 0.6 is 0 Å². The van der Waals surface area contributed by atoms with E-state index in [4.69, 9.17) is 4.74 Å². The van der Waals surface area contributed by atoms with Crippen LogP contribution in [-0.2, 0) is 4.74 Å². The van der Waals surface area contributed by atoms with Crippen molar-refractivity contribution in [3.63, 3.8) is 0 Å². The molecule has 1 aliphatic rings. The van der Waals surface area contributed by atoms with Gasteiger partial charge in [0.2, 0.25) is 0 Å². The molecule has 1 saturated heterocycles. The molecule has 136 valence electrons. The lowest BCUT2D eigenvalue weighted by atomic mass is 9.99. The highest BCUT2D eigenvalue weighted by Gasteiger charge is 2.47. The molecule has 5 atom stereocenters. The molecule has 0 amide bonds. The average Bonchev–Trinajstić information content (AvgIpc) is 3.18. The van der Waals surface area contributed by atoms with E-state index in [9.17, 15) is 19.7 Å². The molecule has 7 nitrogen and oxygen atoms in total. The number of benzene rings is 1. The number of aliphatic hydroxyl groups excluding tert-OH is 3. The van der Waals surface area contributed by atoms with Crippen LogP contribution in [0.3, 0.4) is 0 Å². The van der Waals surface area contributed by atoms with E-state index in [1.165, 1.54) is 30.6 Å². The standard InChI is InChI=1S/C18H18FN3O4/c1-9-12-5-6-22(17(12)21-8-20-9)18-15(25)14(24)16(26-18)13(23)10-3-2-4-11(19)7-10/h2-8,13-16,18,23-25H,1H3/t13?,14-,15+,16+,18+/m0/s1. The monoisotopic (exact) mass is 359 g/mol. The van der Waals surface area contributed by atoms with Crippen LogP contribution < -0.4 is 0 Å². The molecule has 1 aromatic carbocycles. The molecule has 3 N–H and O–H groups in total. The molecule has 3 heterocycles. The third-order valence-electron chi connectivity index (χ3n) is 4.76. The molecule has 0 saturated carbocycles. The van der Waals surface area contributed by atoms with Crippen molar-refractivity contribution < 1.29 is 24.4 Å². The summed E-state index contributed by atoms with van der Waals surface area (Å²) in [6.07, 6.45) is -2.89. The second-order valence-corrected chi connectivity index (χ2v) is 6.39. The molecule has 1 aliphatic heterocycles. The van der Waals surface area contributed by atoms with E-state index in [1.54, 1.807) is 16.8 Å². The van der Waals surface area contributed by atoms with Gasteiger partial charge in [-0.05, 0) is 30.7 Å². The topological polar surface area (TPSA) is 101 Å². The SMILES string of the molecule is Cc1ncnc2c1ccn2[C@@H]1O[C@H](C(O)c2cccc(F)c2)[C@@H](O)[C@H]1O. The summed E-state index contributed by atoms with van der Waals surface area (Å²) in [5.41, 5.74) is 1.59. The Morgan fingerprint density at radius 2 is 2.00 bits per heavy atom. The summed E-state index contributed by atoms with van der Waals surface area (Å²) < 4.78 is 20.8. The molecule has 0 radical (unpaired) electrons. The fraction of sp³-hybridized carbons (Fsp3) is 0.333. The van der Waals surface area contributed by atoms with Gasteiger partial charge in [0.15, 0.2) is 6.23 Å². The maximum atomic E-state index is 13.4. The van der Waals surface area contributed by atoms with Crippen molar-refractivity contribution in [1.82, 2.24) is 14.5 Å². The predicted octanol–water partition coefficient (Wildman–Crippen LogP) is 1.23. The van der Waals surface area contributed by atoms with E-state index in [1.807, 2.05) is 6.92 Å². The van der Waals surface area contributed by atoms with Crippen molar-refractivity contribution >= 4 is 11.0 Å². The van der Waals surface area contributed by atoms with Crippen LogP contribution in [0.4, 0.5) is 4.39 Å². The lowest BCUT2D eigenvalue weighted by molar-refractivity contribution is -0.0849. The van der Waals surface area contributed by atoms with E-state index in [-0.39, 0.29) is 5.56 Å². The average molecular weight is 359 g/mol. The van der Waals surface area contributed by atoms with E-state index < -0.39 is 36.5 Å². The van der Waals surface area contributed by atoms with Crippen molar-refractivity contribution in [2.24, 2.45) is 0 Å². The summed E-state index contributed by atoms with van der Waals surface area (Å²) in [5.74, 6) is -0.505. The number of hydrogen-bond acceptors (Lipinski definition) is 6. The highest BCUT2D eigenvalue weighted by Crippen LogP contribution is 2.37. The number of rotatable bonds is 3. The molecule has 0 bridgehead atoms. The van der Waals surface area contributed by atoms with Crippen molar-refractivity contribution in [2.45, 2.75) is 37.6 Å². The molecule has 3 aromatic rings. The van der Waals surface area contributed by atoms with Gasteiger partial charge in [-0.2, -0.15) is 0 Å². The predicted molar refractivity (Wildman–Crippen MR) is 89.5 cm³/mol. The summed E-state index contributed by atoms with van der Waals surface area (Å²) in [6, 6.07) is 7.22. The smallest absolute Gasteiger partial charge is 0.164 e. The number of hydrogen-bond donors (Lipinski definition) is 3. The quantitative estimate of drug-likeness (QED) is 0.650. The van der Waals surface area contributed by atoms with Crippen LogP contribution in [0.2, 0.25) is 0 Å². The first kappa shape index (κ1) is 17.0. The van der Waals surface area contributed by atoms with Gasteiger partial charge in [-0.15, -0.1) is 0 Å². The first-order valence-electron chi connectivity index (χ1n) is 8.20. The van der Waals surface area contributed by atoms with Gasteiger partial charge < -0.3 is 24.6 Å². The van der Waals surface area contributed by atoms with Gasteiger partial charge >= 0.3 is 0 Å². The van der Waals surface area contributed by atoms with Gasteiger partial charge in [-0.25, -0.2) is 14.4 Å². The second kappa shape index (κ2) is 6.40. The Balaban J connectivity index is 1.66. The van der Waals surface area contributed by atoms with Crippen LogP contribution in [0.15, 0.2) is 42.9 Å². The Bertz CT molecular complexity index is 947. The Kier molecular flexibility index (Phi) is 4.20. The van der Waals surface area contributed by atoms with Gasteiger partial charge in [-0.1, -0.05) is 12.1 Å². The number of fused-ring (bicyclic) bond motifs is 1. The lowest BCUT2D eigenvalue weighted by Gasteiger charge is -2.21. The van der Waals surface area contributed by atoms with Crippen LogP contribution in [0.5, 0.6) is 0 Å². The zero-order valence-corrected chi connectivity index (χ0v) is 13.9. The summed E-state index contributed by atoms with van der Waals surface area (Å²) >= 11 is 0. The third kappa shape index (κ3) is 2.67. The fourth-order valence-corrected chi connectivity index (χ4v) is 3.36. The van der Waals surface area contributed by atoms with Crippen LogP contribution in [-0.4, -0.2) is 48.2 Å². The summed E-state index contributed by atoms with van der Waals surface area (Å²) in [6.45, 7) is 1.84. The first-order valence-corrected chi connectivity index (χ1v) is 8.20. The van der Waals surface area contributed by atoms with Crippen LogP contribution in [0.25, 0.3) is 11.0 Å². The Hall–Kier alpha value is -2.39. The Labute approximate surface area is 148 Å². The second-order valence-electron chi connectivity index (χ2n) is 6.39. The summed E-state index contributed by atoms with van der Waals surface area (Å²) in [5, 5.41) is 32.1. The highest BCUT2D eigenvalue weighted by molar-refractivity contribution is 5.78. The molecule has 0 spiro atoms. The minimum Gasteiger partial charge on any atom is -0.387 e. The van der Waals surface area contributed by atoms with E-state index in [2.05, 4.69) is 9.97 Å². The summed E-state index contributed by atoms with van der Waals surface area (Å²) in [4.78, 5) is 8.33. The van der Waals surface area contributed by atoms with Gasteiger partial charge in [0.05, 0.1) is 5.69 Å². The Morgan fingerprint density at radius 1 is 1.19 bits per heavy atom. The van der Waals surface area contributed by atoms with Gasteiger partial charge in [0, 0.05) is 11.6 Å². The minimum atomic E-state index is -1.35. The van der Waals surface area contributed by atoms with E-state index in [0.717, 1.165) is 11.1 Å². The van der Waals surface area contributed by atoms with Gasteiger partial charge in [0.1, 0.15) is 42.2 Å². The molecule has 1 fully saturated rings. The normalized spacial score (nSPS) is 27.1. The van der Waals surface area contributed by atoms with E-state index in [0.29, 0.717) is 5.65 Å². The minimum absolute atomic E-state index is 0.262. The zero-order valence-electron chi connectivity index (χ0n) is 13.9. The number of ether oxygens (including phenoxy) is 1. The third-order valence-corrected chi connectivity index (χ3v) is 4.76. The molecular formula is C18H18FN3O4. The number of aryl methyl sites for hydroxylation is 1. The zero-order chi connectivity index (χ0) is 18.4. The molecule has 1 unspecified atom stereocenters. The molecular weight excluding hydrogens is 341 g/mol. The van der Waals surface area contributed by atoms with Gasteiger partial charge in [0.25, 0.3) is 0 Å². The molecule has 8 heteroatoms. The molecule has 2 aromatic heterocycles. The first-order chi connectivity index (χ1) is 12.5. The van der Waals surface area contributed by atoms with E-state index >= 15 is 0 Å². The number of halogens is 1. The van der Waals surface area contributed by atoms with Crippen molar-refractivity contribution in [3.8, 4) is 0 Å². The van der Waals surface area contributed by atoms with Crippen molar-refractivity contribution in [1.29, 1.82) is 0 Å². The Morgan fingerprint density at radius 3 is 2.77 bits per heavy atom. The molecule has 0 aliphatic carbocycles. The van der Waals surface area contributed by atoms with Crippen LogP contribution in [0.1, 0.15) is 23.6 Å². The molecule has 26 heavy (non-hydrogen) atoms. The van der Waals surface area contributed by atoms with Crippen molar-refractivity contribution in [3.05, 3.63) is 59.9 Å². The highest BCUT2D eigenvalue weighted by atomic mass is 19.1. The van der Waals surface area contributed by atoms with Crippen molar-refractivity contribution in [2.75, 3.05) is 0 Å². The number of aliphatic hydroxyl groups is 3. The maximum Gasteiger partial charge on any atom is 0.164 e. The van der Waals surface area contributed by atoms with Crippen LogP contribution in [0, 0.1) is 12.7 Å². The number of aromatic nitrogens is 3. The van der Waals surface area contributed by atoms with Gasteiger partial charge in [-0.3, -0.25) is 0 Å². The lowest BCUT2D eigenvalue weighted by Crippen LogP contribution is -2.34.